The Morgan fingerprint density at radius 1 is 0.374 bits per heavy atom. The number of allylic oxidation sites excluding steroid dienone is 2. The molecular weight excluding hydrogens is 1870 g/mol. The van der Waals surface area contributed by atoms with Crippen LogP contribution in [0.3, 0.4) is 0 Å². The van der Waals surface area contributed by atoms with Crippen LogP contribution in [-0.2, 0) is 109 Å². The Morgan fingerprint density at radius 3 is 1.33 bits per heavy atom. The van der Waals surface area contributed by atoms with Crippen LogP contribution >= 0.6 is 0 Å². The Hall–Kier alpha value is -3.49. The van der Waals surface area contributed by atoms with Crippen LogP contribution in [-0.4, -0.2) is 508 Å². The lowest BCUT2D eigenvalue weighted by atomic mass is 9.33. The molecule has 57 atom stereocenters. The summed E-state index contributed by atoms with van der Waals surface area (Å²) in [6, 6.07) is 0. The summed E-state index contributed by atoms with van der Waals surface area (Å²) in [5.41, 5.74) is -4.44. The molecule has 0 amide bonds. The summed E-state index contributed by atoms with van der Waals surface area (Å²) in [6.07, 6.45) is -92.0. The van der Waals surface area contributed by atoms with E-state index in [1.165, 1.54) is 13.8 Å². The number of aldehydes is 1. The van der Waals surface area contributed by atoms with Crippen molar-refractivity contribution >= 4 is 18.2 Å². The fraction of sp³-hybridized carbons (Fsp3) is 0.943. The van der Waals surface area contributed by atoms with E-state index >= 15 is 4.79 Å². The summed E-state index contributed by atoms with van der Waals surface area (Å²) in [5.74, 6) is -3.96. The fourth-order valence-corrected chi connectivity index (χ4v) is 24.6. The molecule has 0 aromatic heterocycles. The van der Waals surface area contributed by atoms with Crippen molar-refractivity contribution in [3.63, 3.8) is 0 Å². The third-order valence-electron chi connectivity index (χ3n) is 33.2. The van der Waals surface area contributed by atoms with Crippen molar-refractivity contribution in [3.8, 4) is 0 Å². The summed E-state index contributed by atoms with van der Waals surface area (Å²) in [6.45, 7) is 8.27. The highest BCUT2D eigenvalue weighted by Crippen LogP contribution is 2.76. The van der Waals surface area contributed by atoms with Crippen molar-refractivity contribution in [3.05, 3.63) is 11.6 Å². The monoisotopic (exact) mass is 2010 g/mol. The van der Waals surface area contributed by atoms with Gasteiger partial charge in [-0.15, -0.1) is 0 Å². The SMILES string of the molecule is C[C@@H]1O[C@@H](OC2[C@@H](C)O[C@@H](OC(=O)[C@]34CCC(C)(C)CC3C3=CCC5[C@@]6(C)CC[C@H](O[C@@H]7O[C@H](C(=O)O)[C@@H](O[C@@H]8O[C@H](CO)[C@H](O)[C@H](O)[C@H]8O)[C@H](O[C@@H]8OC[C@H](O)[C@@H](O)[C@@H]8O)[C@H]7O)[C@@](C)(C=O)C6CC[C@@]5(C)C3(C)CC4)[C@H](O)[C@H]2O[C@@H]2OC[C@@H](O[C@@H]3O[C@H](CO)[C@@H](O[C@@H]4O[C@H](CO)[C@H](O)[C@H](O)[C@H]4O)[C@H](O)[C@H]3O)[C@H](O[C@@H]3O[C@H](CO)[C@H](O)[C@H](O)[C@H]3O)[C@H]2O[C@@H]2O[C@H](CO)[C@H](O)[C@H](O)[C@H]2O)[C@H](O)[C@H](O)[C@@H]1O. The second-order valence-corrected chi connectivity index (χ2v) is 41.9. The Balaban J connectivity index is 0.725. The Kier molecular flexibility index (Phi) is 33.8. The predicted molar refractivity (Wildman–Crippen MR) is 445 cm³/mol. The van der Waals surface area contributed by atoms with Crippen molar-refractivity contribution < 1.29 is 252 Å². The lowest BCUT2D eigenvalue weighted by Crippen LogP contribution is -2.69. The minimum atomic E-state index is -2.35. The smallest absolute Gasteiger partial charge is 0.335 e. The number of rotatable bonds is 27. The van der Waals surface area contributed by atoms with Gasteiger partial charge in [0.2, 0.25) is 6.29 Å². The van der Waals surface area contributed by atoms with E-state index in [2.05, 4.69) is 40.7 Å². The first-order chi connectivity index (χ1) is 65.5. The summed E-state index contributed by atoms with van der Waals surface area (Å²) < 4.78 is 123. The van der Waals surface area contributed by atoms with Crippen LogP contribution in [0.25, 0.3) is 0 Å². The molecule has 28 N–H and O–H groups in total. The molecule has 5 unspecified atom stereocenters. The van der Waals surface area contributed by atoms with E-state index in [1.54, 1.807) is 6.92 Å². The molecule has 798 valence electrons. The number of aliphatic carboxylic acids is 1. The number of aliphatic hydroxyl groups excluding tert-OH is 27. The van der Waals surface area contributed by atoms with Crippen molar-refractivity contribution in [2.24, 2.45) is 50.2 Å². The highest BCUT2D eigenvalue weighted by Gasteiger charge is 2.73. The molecule has 4 saturated carbocycles. The van der Waals surface area contributed by atoms with Gasteiger partial charge < -0.3 is 243 Å². The molecule has 15 aliphatic rings. The quantitative estimate of drug-likeness (QED) is 0.0157. The van der Waals surface area contributed by atoms with E-state index in [9.17, 15) is 153 Å². The van der Waals surface area contributed by atoms with Crippen LogP contribution < -0.4 is 0 Å². The minimum absolute atomic E-state index is 0.0853. The third-order valence-corrected chi connectivity index (χ3v) is 33.2. The maximum Gasteiger partial charge on any atom is 0.335 e. The number of hydrogen-bond acceptors (Lipinski definition) is 50. The van der Waals surface area contributed by atoms with Crippen LogP contribution in [0, 0.1) is 50.2 Å². The standard InChI is InChI=1S/C88H140O51/c1-28-42(96)48(102)55(109)73(122-28)131-63-29(2)123-79(61(115)66(63)135-81-70(138-78-59(113)52(106)47(101)36(23-92)127-78)65(133-76-57(111)50(104)45(99)34(21-90)125-76)38(26-121-81)129-74-60(114)53(107)64(37(24-93)128-74)132-75-56(110)49(103)44(98)33(20-89)124-75)139-82(119)88-17-15-83(3,4)19-31(88)30-9-10-40-84(5)13-12-41(85(6,27-94)39(84)11-14-87(40,8)86(30,7)16-18-88)130-80-62(116)67(134-72-54(108)43(97)32(95)25-120-72)68(69(137-80)71(117)118)136-77-58(112)51(105)46(100)35(22-91)126-77/h9,27-29,31-70,72-81,89-93,95-116H,10-26H2,1-8H3,(H,117,118)/t28-,29+,31?,32-,33+,34+,35+,36+,37+,38+,39?,40?,41-,42+,43+,44-,45-,46-,47-,48+,49-,50-,51-,52-,53+,54-,55+,56+,57+,58+,59+,60+,61+,62+,63?,64+,65-,66+,67+,68-,69-,70+,72-,73-,74-,75-,76-,77-,78-,79-,80+,81-,84-,85-,86?,87+,88-/m0/s1. The number of hydrogen-bond donors (Lipinski definition) is 28. The number of carboxylic acid groups (broad SMARTS) is 1. The highest BCUT2D eigenvalue weighted by molar-refractivity contribution is 5.79. The molecule has 0 bridgehead atoms. The number of esters is 1. The number of carboxylic acids is 1. The van der Waals surface area contributed by atoms with Crippen molar-refractivity contribution in [2.75, 3.05) is 46.2 Å². The zero-order valence-corrected chi connectivity index (χ0v) is 77.6. The van der Waals surface area contributed by atoms with Gasteiger partial charge in [0.05, 0.1) is 75.4 Å². The molecule has 51 nitrogen and oxygen atoms in total. The van der Waals surface area contributed by atoms with Crippen LogP contribution in [0.4, 0.5) is 0 Å². The van der Waals surface area contributed by atoms with Crippen molar-refractivity contribution in [2.45, 2.75) is 421 Å². The second-order valence-electron chi connectivity index (χ2n) is 41.9. The van der Waals surface area contributed by atoms with Gasteiger partial charge in [-0.25, -0.2) is 4.79 Å². The average Bonchev–Trinajstić information content (AvgIpc) is 0.671. The molecule has 0 aromatic rings. The summed E-state index contributed by atoms with van der Waals surface area (Å²) in [5, 5.41) is 311. The normalized spacial score (nSPS) is 54.6. The Bertz CT molecular complexity index is 4120. The average molecular weight is 2010 g/mol. The molecule has 0 spiro atoms. The number of carbonyl (C=O) groups excluding carboxylic acids is 2. The Morgan fingerprint density at radius 2 is 0.799 bits per heavy atom. The number of fused-ring (bicyclic) bond motifs is 7. The van der Waals surface area contributed by atoms with Gasteiger partial charge in [0, 0.05) is 0 Å². The predicted octanol–water partition coefficient (Wildman–Crippen LogP) is -12.5. The number of aliphatic hydroxyl groups is 27. The zero-order valence-electron chi connectivity index (χ0n) is 77.6. The lowest BCUT2D eigenvalue weighted by molar-refractivity contribution is -0.414. The zero-order chi connectivity index (χ0) is 101. The lowest BCUT2D eigenvalue weighted by Gasteiger charge is -2.71. The third kappa shape index (κ3) is 19.9. The van der Waals surface area contributed by atoms with E-state index in [1.807, 2.05) is 0 Å². The first-order valence-electron chi connectivity index (χ1n) is 47.5. The largest absolute Gasteiger partial charge is 0.479 e. The molecule has 139 heavy (non-hydrogen) atoms. The van der Waals surface area contributed by atoms with Gasteiger partial charge in [0.25, 0.3) is 0 Å². The maximum atomic E-state index is 16.4. The van der Waals surface area contributed by atoms with Crippen LogP contribution in [0.5, 0.6) is 0 Å². The second kappa shape index (κ2) is 42.9. The first-order valence-corrected chi connectivity index (χ1v) is 47.5. The van der Waals surface area contributed by atoms with Gasteiger partial charge in [0.15, 0.2) is 62.7 Å². The van der Waals surface area contributed by atoms with Gasteiger partial charge in [0.1, 0.15) is 220 Å². The molecule has 10 saturated heterocycles. The number of carbonyl (C=O) groups is 3. The van der Waals surface area contributed by atoms with E-state index in [0.29, 0.717) is 44.9 Å². The van der Waals surface area contributed by atoms with Crippen LogP contribution in [0.15, 0.2) is 11.6 Å². The molecule has 51 heteroatoms. The van der Waals surface area contributed by atoms with Crippen LogP contribution in [0.2, 0.25) is 0 Å². The molecule has 5 aliphatic carbocycles. The molecule has 0 radical (unpaired) electrons. The van der Waals surface area contributed by atoms with Crippen LogP contribution in [0.1, 0.15) is 120 Å². The van der Waals surface area contributed by atoms with Crippen molar-refractivity contribution in [1.82, 2.24) is 0 Å². The van der Waals surface area contributed by atoms with Gasteiger partial charge in [-0.05, 0) is 117 Å². The van der Waals surface area contributed by atoms with E-state index in [4.69, 9.17) is 94.7 Å². The highest BCUT2D eigenvalue weighted by atomic mass is 16.8. The van der Waals surface area contributed by atoms with Gasteiger partial charge in [-0.3, -0.25) is 4.79 Å². The maximum absolute atomic E-state index is 16.4. The molecule has 10 heterocycles. The first kappa shape index (κ1) is 110. The number of ether oxygens (including phenoxy) is 20. The summed E-state index contributed by atoms with van der Waals surface area (Å²) in [7, 11) is 0. The minimum Gasteiger partial charge on any atom is -0.479 e. The van der Waals surface area contributed by atoms with Gasteiger partial charge in [-0.1, -0.05) is 53.2 Å². The molecule has 10 aliphatic heterocycles. The van der Waals surface area contributed by atoms with Gasteiger partial charge in [-0.2, -0.15) is 0 Å². The van der Waals surface area contributed by atoms with E-state index in [-0.39, 0.29) is 25.2 Å². The van der Waals surface area contributed by atoms with E-state index < -0.39 is 403 Å². The molecular formula is C88H140O51. The molecule has 0 aromatic carbocycles. The molecule has 14 fully saturated rings. The summed E-state index contributed by atoms with van der Waals surface area (Å²) in [4.78, 5) is 44.2. The van der Waals surface area contributed by atoms with Gasteiger partial charge >= 0.3 is 11.9 Å². The Labute approximate surface area is 796 Å². The van der Waals surface area contributed by atoms with E-state index in [0.717, 1.165) is 11.9 Å². The summed E-state index contributed by atoms with van der Waals surface area (Å²) >= 11 is 0. The fourth-order valence-electron chi connectivity index (χ4n) is 24.6. The molecule has 15 rings (SSSR count). The van der Waals surface area contributed by atoms with Crippen molar-refractivity contribution in [1.29, 1.82) is 0 Å². The topological polar surface area (TPSA) is 802 Å².